The van der Waals surface area contributed by atoms with E-state index in [1.54, 1.807) is 14.0 Å². The molecule has 8 nitrogen and oxygen atoms in total. The normalized spacial score (nSPS) is 13.2. The smallest absolute Gasteiger partial charge is 0.387 e. The third kappa shape index (κ3) is 3.92. The Hall–Kier alpha value is -3.02. The number of amidine groups is 1. The maximum atomic E-state index is 12.9. The SMILES string of the molecule is CCS(=O)(=O)c1cc(N=C(C)N)cnc1-c1nc2cc(C(F)(F)F)ncc2n1C. The maximum Gasteiger partial charge on any atom is 0.433 e. The van der Waals surface area contributed by atoms with Crippen LogP contribution in [-0.2, 0) is 23.1 Å². The predicted octanol–water partition coefficient (Wildman–Crippen LogP) is 2.85. The maximum absolute atomic E-state index is 12.9. The van der Waals surface area contributed by atoms with Gasteiger partial charge in [0.15, 0.2) is 15.7 Å². The zero-order valence-electron chi connectivity index (χ0n) is 15.7. The van der Waals surface area contributed by atoms with Crippen LogP contribution >= 0.6 is 0 Å². The molecule has 0 bridgehead atoms. The molecule has 3 aromatic rings. The van der Waals surface area contributed by atoms with Crippen molar-refractivity contribution in [3.8, 4) is 11.5 Å². The molecular formula is C17H17F3N6O2S. The van der Waals surface area contributed by atoms with Crippen molar-refractivity contribution in [2.45, 2.75) is 24.9 Å². The van der Waals surface area contributed by atoms with Gasteiger partial charge in [-0.2, -0.15) is 13.2 Å². The second-order valence-corrected chi connectivity index (χ2v) is 8.49. The van der Waals surface area contributed by atoms with E-state index in [0.29, 0.717) is 5.52 Å². The van der Waals surface area contributed by atoms with E-state index in [2.05, 4.69) is 19.9 Å². The van der Waals surface area contributed by atoms with Crippen molar-refractivity contribution < 1.29 is 21.6 Å². The summed E-state index contributed by atoms with van der Waals surface area (Å²) in [4.78, 5) is 15.7. The zero-order chi connectivity index (χ0) is 21.6. The van der Waals surface area contributed by atoms with Crippen LogP contribution in [0.25, 0.3) is 22.6 Å². The van der Waals surface area contributed by atoms with Gasteiger partial charge in [0.1, 0.15) is 11.4 Å². The van der Waals surface area contributed by atoms with Gasteiger partial charge in [-0.1, -0.05) is 6.92 Å². The van der Waals surface area contributed by atoms with Crippen molar-refractivity contribution in [3.63, 3.8) is 0 Å². The number of aliphatic imine (C=N–C) groups is 1. The molecule has 12 heteroatoms. The standard InChI is InChI=1S/C17H17F3N6O2S/c1-4-29(27,28)13-5-10(24-9(2)21)7-23-15(13)16-25-11-6-14(17(18,19)20)22-8-12(11)26(16)3/h5-8H,4H2,1-3H3,(H2,21,24). The van der Waals surface area contributed by atoms with Crippen LogP contribution in [0.4, 0.5) is 18.9 Å². The van der Waals surface area contributed by atoms with Gasteiger partial charge in [-0.25, -0.2) is 28.4 Å². The lowest BCUT2D eigenvalue weighted by Gasteiger charge is -2.10. The summed E-state index contributed by atoms with van der Waals surface area (Å²) >= 11 is 0. The molecule has 3 aromatic heterocycles. The molecule has 0 radical (unpaired) electrons. The monoisotopic (exact) mass is 426 g/mol. The molecule has 0 aromatic carbocycles. The van der Waals surface area contributed by atoms with E-state index in [-0.39, 0.29) is 39.2 Å². The molecule has 29 heavy (non-hydrogen) atoms. The van der Waals surface area contributed by atoms with Crippen molar-refractivity contribution in [3.05, 3.63) is 30.2 Å². The Bertz CT molecular complexity index is 1230. The van der Waals surface area contributed by atoms with Crippen molar-refractivity contribution in [1.29, 1.82) is 0 Å². The van der Waals surface area contributed by atoms with E-state index in [4.69, 9.17) is 5.73 Å². The van der Waals surface area contributed by atoms with Gasteiger partial charge in [0.05, 0.1) is 45.6 Å². The first-order chi connectivity index (χ1) is 13.4. The van der Waals surface area contributed by atoms with Crippen LogP contribution in [0, 0.1) is 0 Å². The summed E-state index contributed by atoms with van der Waals surface area (Å²) in [6.45, 7) is 3.01. The summed E-state index contributed by atoms with van der Waals surface area (Å²) in [5, 5.41) is 0. The van der Waals surface area contributed by atoms with Crippen LogP contribution < -0.4 is 5.73 Å². The summed E-state index contributed by atoms with van der Waals surface area (Å²) in [7, 11) is -2.20. The number of nitrogens with zero attached hydrogens (tertiary/aromatic N) is 5. The first-order valence-electron chi connectivity index (χ1n) is 8.37. The number of imidazole rings is 1. The molecule has 0 aliphatic rings. The van der Waals surface area contributed by atoms with E-state index >= 15 is 0 Å². The number of halogens is 3. The highest BCUT2D eigenvalue weighted by atomic mass is 32.2. The number of alkyl halides is 3. The summed E-state index contributed by atoms with van der Waals surface area (Å²) < 4.78 is 65.5. The molecule has 0 atom stereocenters. The van der Waals surface area contributed by atoms with Crippen LogP contribution in [0.3, 0.4) is 0 Å². The second-order valence-electron chi connectivity index (χ2n) is 6.25. The third-order valence-corrected chi connectivity index (χ3v) is 5.87. The Morgan fingerprint density at radius 3 is 2.52 bits per heavy atom. The Kier molecular flexibility index (Phi) is 5.07. The number of sulfone groups is 1. The summed E-state index contributed by atoms with van der Waals surface area (Å²) in [5.74, 6) is 0.0983. The van der Waals surface area contributed by atoms with Gasteiger partial charge in [-0.15, -0.1) is 0 Å². The molecule has 0 amide bonds. The Morgan fingerprint density at radius 2 is 1.93 bits per heavy atom. The number of aryl methyl sites for hydroxylation is 1. The Morgan fingerprint density at radius 1 is 1.24 bits per heavy atom. The molecule has 2 N–H and O–H groups in total. The highest BCUT2D eigenvalue weighted by Gasteiger charge is 2.33. The van der Waals surface area contributed by atoms with Gasteiger partial charge in [-0.05, 0) is 19.1 Å². The summed E-state index contributed by atoms with van der Waals surface area (Å²) in [6, 6.07) is 2.12. The van der Waals surface area contributed by atoms with Crippen LogP contribution in [0.1, 0.15) is 19.5 Å². The molecule has 0 spiro atoms. The minimum Gasteiger partial charge on any atom is -0.387 e. The summed E-state index contributed by atoms with van der Waals surface area (Å²) in [6.07, 6.45) is -2.27. The van der Waals surface area contributed by atoms with Crippen LogP contribution in [0.5, 0.6) is 0 Å². The third-order valence-electron chi connectivity index (χ3n) is 4.13. The Labute approximate surface area is 164 Å². The largest absolute Gasteiger partial charge is 0.433 e. The van der Waals surface area contributed by atoms with Gasteiger partial charge in [0, 0.05) is 7.05 Å². The molecule has 3 rings (SSSR count). The molecule has 0 aliphatic heterocycles. The fourth-order valence-electron chi connectivity index (χ4n) is 2.72. The number of hydrogen-bond acceptors (Lipinski definition) is 6. The molecule has 0 unspecified atom stereocenters. The zero-order valence-corrected chi connectivity index (χ0v) is 16.5. The topological polar surface area (TPSA) is 116 Å². The van der Waals surface area contributed by atoms with E-state index in [1.807, 2.05) is 0 Å². The van der Waals surface area contributed by atoms with Gasteiger partial charge < -0.3 is 10.3 Å². The van der Waals surface area contributed by atoms with Gasteiger partial charge in [0.25, 0.3) is 0 Å². The van der Waals surface area contributed by atoms with Gasteiger partial charge in [-0.3, -0.25) is 0 Å². The van der Waals surface area contributed by atoms with Crippen LogP contribution in [0.15, 0.2) is 34.4 Å². The molecule has 0 saturated heterocycles. The molecule has 154 valence electrons. The van der Waals surface area contributed by atoms with Crippen LogP contribution in [-0.4, -0.2) is 39.5 Å². The fraction of sp³-hybridized carbons (Fsp3) is 0.294. The molecular weight excluding hydrogens is 409 g/mol. The quantitative estimate of drug-likeness (QED) is 0.507. The second kappa shape index (κ2) is 7.10. The first kappa shape index (κ1) is 20.7. The van der Waals surface area contributed by atoms with Gasteiger partial charge >= 0.3 is 6.18 Å². The number of pyridine rings is 2. The lowest BCUT2D eigenvalue weighted by Crippen LogP contribution is -2.09. The van der Waals surface area contributed by atoms with Crippen molar-refractivity contribution >= 4 is 32.4 Å². The van der Waals surface area contributed by atoms with E-state index in [1.165, 1.54) is 23.8 Å². The van der Waals surface area contributed by atoms with Crippen molar-refractivity contribution in [2.24, 2.45) is 17.8 Å². The van der Waals surface area contributed by atoms with Crippen LogP contribution in [0.2, 0.25) is 0 Å². The minimum atomic E-state index is -4.62. The number of hydrogen-bond donors (Lipinski definition) is 1. The van der Waals surface area contributed by atoms with E-state index in [0.717, 1.165) is 12.3 Å². The molecule has 0 fully saturated rings. The number of nitrogens with two attached hydrogens (primary N) is 1. The van der Waals surface area contributed by atoms with Gasteiger partial charge in [0.2, 0.25) is 0 Å². The predicted molar refractivity (Wildman–Crippen MR) is 101 cm³/mol. The number of rotatable bonds is 4. The highest BCUT2D eigenvalue weighted by molar-refractivity contribution is 7.91. The minimum absolute atomic E-state index is 0.00716. The van der Waals surface area contributed by atoms with Crippen molar-refractivity contribution in [1.82, 2.24) is 19.5 Å². The number of fused-ring (bicyclic) bond motifs is 1. The lowest BCUT2D eigenvalue weighted by molar-refractivity contribution is -0.141. The first-order valence-corrected chi connectivity index (χ1v) is 10.0. The molecule has 0 saturated carbocycles. The average Bonchev–Trinajstić information content (AvgIpc) is 2.96. The molecule has 3 heterocycles. The highest BCUT2D eigenvalue weighted by Crippen LogP contribution is 2.33. The van der Waals surface area contributed by atoms with Crippen molar-refractivity contribution in [2.75, 3.05) is 5.75 Å². The fourth-order valence-corrected chi connectivity index (χ4v) is 3.76. The average molecular weight is 426 g/mol. The number of aromatic nitrogens is 4. The molecule has 0 aliphatic carbocycles. The van der Waals surface area contributed by atoms with E-state index in [9.17, 15) is 21.6 Å². The lowest BCUT2D eigenvalue weighted by atomic mass is 10.3. The summed E-state index contributed by atoms with van der Waals surface area (Å²) in [5.41, 5.74) is 5.02. The van der Waals surface area contributed by atoms with E-state index < -0.39 is 21.7 Å². The Balaban J connectivity index is 2.28.